The molecule has 7 nitrogen and oxygen atoms in total. The maximum Gasteiger partial charge on any atom is 0.273 e. The zero-order chi connectivity index (χ0) is 22.8. The Morgan fingerprint density at radius 3 is 2.59 bits per heavy atom. The van der Waals surface area contributed by atoms with Crippen LogP contribution in [0.4, 0.5) is 0 Å². The number of hydrogen-bond acceptors (Lipinski definition) is 6. The van der Waals surface area contributed by atoms with Crippen LogP contribution in [-0.4, -0.2) is 54.7 Å². The van der Waals surface area contributed by atoms with E-state index < -0.39 is 0 Å². The fraction of sp³-hybridized carbons (Fsp3) is 0.500. The van der Waals surface area contributed by atoms with Crippen LogP contribution in [-0.2, 0) is 20.7 Å². The van der Waals surface area contributed by atoms with Crippen molar-refractivity contribution in [3.63, 3.8) is 0 Å². The van der Waals surface area contributed by atoms with Gasteiger partial charge in [-0.25, -0.2) is 5.43 Å². The summed E-state index contributed by atoms with van der Waals surface area (Å²) in [7, 11) is 3.45. The minimum Gasteiger partial charge on any atom is -0.367 e. The van der Waals surface area contributed by atoms with Crippen molar-refractivity contribution in [1.29, 1.82) is 0 Å². The van der Waals surface area contributed by atoms with Crippen molar-refractivity contribution in [2.24, 2.45) is 5.10 Å². The highest BCUT2D eigenvalue weighted by Crippen LogP contribution is 2.45. The molecule has 1 aliphatic heterocycles. The summed E-state index contributed by atoms with van der Waals surface area (Å²) in [5.41, 5.74) is 8.83. The van der Waals surface area contributed by atoms with Crippen molar-refractivity contribution in [3.8, 4) is 0 Å². The highest BCUT2D eigenvalue weighted by Gasteiger charge is 2.33. The van der Waals surface area contributed by atoms with Crippen LogP contribution in [0.2, 0.25) is 0 Å². The number of carbonyl (C=O) groups excluding carboxylic acids is 1. The summed E-state index contributed by atoms with van der Waals surface area (Å²) in [4.78, 5) is 19.3. The maximum atomic E-state index is 12.6. The lowest BCUT2D eigenvalue weighted by Crippen LogP contribution is -2.43. The zero-order valence-electron chi connectivity index (χ0n) is 19.4. The van der Waals surface area contributed by atoms with Crippen molar-refractivity contribution in [2.45, 2.75) is 58.4 Å². The Hall–Kier alpha value is -2.26. The molecule has 2 unspecified atom stereocenters. The molecule has 1 amide bonds. The molecule has 2 aromatic rings. The molecule has 3 heterocycles. The van der Waals surface area contributed by atoms with Gasteiger partial charge in [0.15, 0.2) is 0 Å². The van der Waals surface area contributed by atoms with Crippen molar-refractivity contribution >= 4 is 29.0 Å². The molecule has 8 heteroatoms. The molecule has 0 saturated heterocycles. The van der Waals surface area contributed by atoms with E-state index in [2.05, 4.69) is 27.3 Å². The number of H-pyrrole nitrogens is 1. The number of carbonyl (C=O) groups is 1. The maximum absolute atomic E-state index is 12.6. The van der Waals surface area contributed by atoms with Crippen LogP contribution in [0.15, 0.2) is 28.2 Å². The Kier molecular flexibility index (Phi) is 6.95. The molecular formula is C24H32N4O3S. The number of ether oxygens (including phenoxy) is 2. The van der Waals surface area contributed by atoms with Gasteiger partial charge < -0.3 is 14.5 Å². The average molecular weight is 457 g/mol. The third-order valence-corrected chi connectivity index (χ3v) is 7.30. The molecule has 2 atom stereocenters. The van der Waals surface area contributed by atoms with Crippen LogP contribution >= 0.6 is 11.3 Å². The number of nitrogens with zero attached hydrogens (tertiary/aromatic N) is 2. The molecule has 0 spiro atoms. The summed E-state index contributed by atoms with van der Waals surface area (Å²) in [6.45, 7) is 7.03. The number of amides is 1. The summed E-state index contributed by atoms with van der Waals surface area (Å²) in [5.74, 6) is 0.388. The molecule has 2 N–H and O–H groups in total. The normalized spacial score (nSPS) is 19.5. The number of rotatable bonds is 10. The van der Waals surface area contributed by atoms with Gasteiger partial charge in [0.1, 0.15) is 18.2 Å². The van der Waals surface area contributed by atoms with E-state index in [0.29, 0.717) is 11.5 Å². The second kappa shape index (κ2) is 9.70. The van der Waals surface area contributed by atoms with Crippen LogP contribution in [0, 0.1) is 6.92 Å². The van der Waals surface area contributed by atoms with Crippen LogP contribution in [0.1, 0.15) is 60.0 Å². The van der Waals surface area contributed by atoms with Gasteiger partial charge in [-0.1, -0.05) is 6.07 Å². The van der Waals surface area contributed by atoms with Gasteiger partial charge in [0.05, 0.1) is 10.5 Å². The number of hydrazone groups is 1. The highest BCUT2D eigenvalue weighted by molar-refractivity contribution is 7.12. The Bertz CT molecular complexity index is 1010. The quantitative estimate of drug-likeness (QED) is 0.418. The molecule has 4 rings (SSSR count). The van der Waals surface area contributed by atoms with Gasteiger partial charge in [0.2, 0.25) is 0 Å². The van der Waals surface area contributed by atoms with Crippen LogP contribution in [0.5, 0.6) is 0 Å². The Labute approximate surface area is 193 Å². The van der Waals surface area contributed by atoms with Crippen molar-refractivity contribution in [3.05, 3.63) is 50.5 Å². The predicted molar refractivity (Wildman–Crippen MR) is 128 cm³/mol. The third kappa shape index (κ3) is 4.59. The predicted octanol–water partition coefficient (Wildman–Crippen LogP) is 4.01. The van der Waals surface area contributed by atoms with Crippen LogP contribution in [0.25, 0.3) is 6.08 Å². The Balaban J connectivity index is 1.64. The van der Waals surface area contributed by atoms with E-state index >= 15 is 0 Å². The number of methoxy groups -OCH3 is 2. The number of hydrogen-bond donors (Lipinski definition) is 2. The topological polar surface area (TPSA) is 79.0 Å². The second-order valence-electron chi connectivity index (χ2n) is 8.42. The molecule has 2 aliphatic rings. The summed E-state index contributed by atoms with van der Waals surface area (Å²) in [6.07, 6.45) is 5.16. The van der Waals surface area contributed by atoms with Crippen molar-refractivity contribution in [2.75, 3.05) is 20.8 Å². The number of aryl methyl sites for hydroxylation is 1. The van der Waals surface area contributed by atoms with Gasteiger partial charge in [-0.2, -0.15) is 5.10 Å². The first-order valence-corrected chi connectivity index (χ1v) is 12.0. The molecule has 2 aromatic heterocycles. The van der Waals surface area contributed by atoms with Crippen LogP contribution < -0.4 is 5.43 Å². The summed E-state index contributed by atoms with van der Waals surface area (Å²) in [6, 6.07) is 3.97. The first kappa shape index (κ1) is 22.9. The largest absolute Gasteiger partial charge is 0.367 e. The fourth-order valence-electron chi connectivity index (χ4n) is 4.37. The summed E-state index contributed by atoms with van der Waals surface area (Å²) >= 11 is 1.59. The van der Waals surface area contributed by atoms with E-state index in [-0.39, 0.29) is 18.4 Å². The summed E-state index contributed by atoms with van der Waals surface area (Å²) < 4.78 is 11.1. The Morgan fingerprint density at radius 1 is 1.28 bits per heavy atom. The molecule has 1 aliphatic carbocycles. The average Bonchev–Trinajstić information content (AvgIpc) is 3.20. The van der Waals surface area contributed by atoms with E-state index in [1.54, 1.807) is 25.6 Å². The third-order valence-electron chi connectivity index (χ3n) is 6.42. The monoisotopic (exact) mass is 456 g/mol. The van der Waals surface area contributed by atoms with E-state index in [1.807, 2.05) is 37.4 Å². The van der Waals surface area contributed by atoms with Gasteiger partial charge in [-0.3, -0.25) is 9.69 Å². The number of aromatic amines is 1. The molecule has 1 fully saturated rings. The lowest BCUT2D eigenvalue weighted by Gasteiger charge is -2.32. The first-order chi connectivity index (χ1) is 15.4. The first-order valence-electron chi connectivity index (χ1n) is 11.1. The van der Waals surface area contributed by atoms with Crippen molar-refractivity contribution < 1.29 is 14.3 Å². The van der Waals surface area contributed by atoms with E-state index in [1.165, 1.54) is 24.0 Å². The minimum absolute atomic E-state index is 0.0399. The van der Waals surface area contributed by atoms with E-state index in [0.717, 1.165) is 34.9 Å². The van der Waals surface area contributed by atoms with E-state index in [9.17, 15) is 4.79 Å². The van der Waals surface area contributed by atoms with Gasteiger partial charge in [-0.15, -0.1) is 11.3 Å². The molecule has 32 heavy (non-hydrogen) atoms. The highest BCUT2D eigenvalue weighted by atomic mass is 32.1. The van der Waals surface area contributed by atoms with Crippen molar-refractivity contribution in [1.82, 2.24) is 15.3 Å². The van der Waals surface area contributed by atoms with Crippen LogP contribution in [0.3, 0.4) is 0 Å². The summed E-state index contributed by atoms with van der Waals surface area (Å²) in [5, 5.41) is 6.28. The molecule has 0 bridgehead atoms. The molecule has 1 saturated carbocycles. The molecular weight excluding hydrogens is 424 g/mol. The Morgan fingerprint density at radius 2 is 2.00 bits per heavy atom. The SMILES string of the molecule is COC(C)N(CCc1c(C)[nH]c(/C=C2/C(=O)NN=C2c2cccs2)c1C1CC1)C(C)OC. The second-order valence-corrected chi connectivity index (χ2v) is 9.37. The van der Waals surface area contributed by atoms with E-state index in [4.69, 9.17) is 9.47 Å². The lowest BCUT2D eigenvalue weighted by atomic mass is 9.99. The lowest BCUT2D eigenvalue weighted by molar-refractivity contribution is -0.116. The number of aromatic nitrogens is 1. The van der Waals surface area contributed by atoms with Gasteiger partial charge in [0, 0.05) is 32.2 Å². The number of thiophene rings is 1. The minimum atomic E-state index is -0.155. The standard InChI is InChI=1S/C24H32N4O3S/c1-14-18(10-11-28(15(2)30-4)16(3)31-5)22(17-8-9-17)20(25-14)13-19-23(26-27-24(19)29)21-7-6-12-32-21/h6-7,12-13,15-17,25H,8-11H2,1-5H3,(H,27,29)/b19-13+. The fourth-order valence-corrected chi connectivity index (χ4v) is 5.10. The zero-order valence-corrected chi connectivity index (χ0v) is 20.2. The molecule has 0 aromatic carbocycles. The number of nitrogens with one attached hydrogen (secondary N) is 2. The van der Waals surface area contributed by atoms with Gasteiger partial charge in [0.25, 0.3) is 5.91 Å². The van der Waals surface area contributed by atoms with Gasteiger partial charge in [-0.05, 0) is 74.6 Å². The molecule has 172 valence electrons. The van der Waals surface area contributed by atoms with Gasteiger partial charge >= 0.3 is 0 Å². The molecule has 0 radical (unpaired) electrons. The smallest absolute Gasteiger partial charge is 0.273 e.